The fourth-order valence-corrected chi connectivity index (χ4v) is 2.78. The number of aliphatic imine (C=N–C) groups is 1. The van der Waals surface area contributed by atoms with Gasteiger partial charge in [0.05, 0.1) is 7.11 Å². The Morgan fingerprint density at radius 1 is 0.872 bits per heavy atom. The second-order valence-electron chi connectivity index (χ2n) is 10.3. The number of esters is 1. The molecule has 3 amide bonds. The zero-order valence-corrected chi connectivity index (χ0v) is 23.7. The van der Waals surface area contributed by atoms with Gasteiger partial charge >= 0.3 is 24.2 Å². The summed E-state index contributed by atoms with van der Waals surface area (Å²) in [7, 11) is 1.22. The van der Waals surface area contributed by atoms with Gasteiger partial charge in [-0.05, 0) is 59.9 Å². The van der Waals surface area contributed by atoms with Crippen LogP contribution in [0, 0.1) is 0 Å². The number of carbonyl (C=O) groups is 4. The van der Waals surface area contributed by atoms with E-state index in [0.29, 0.717) is 6.42 Å². The molecule has 0 aliphatic rings. The number of hydrogen-bond donors (Lipinski definition) is 3. The van der Waals surface area contributed by atoms with Crippen molar-refractivity contribution < 1.29 is 38.1 Å². The summed E-state index contributed by atoms with van der Waals surface area (Å²) in [5, 5.41) is 7.28. The molecule has 39 heavy (non-hydrogen) atoms. The average Bonchev–Trinajstić information content (AvgIpc) is 2.81. The van der Waals surface area contributed by atoms with E-state index in [4.69, 9.17) is 18.9 Å². The van der Waals surface area contributed by atoms with E-state index < -0.39 is 41.5 Å². The van der Waals surface area contributed by atoms with Gasteiger partial charge in [-0.25, -0.2) is 19.2 Å². The van der Waals surface area contributed by atoms with Crippen LogP contribution in [0.3, 0.4) is 0 Å². The van der Waals surface area contributed by atoms with Gasteiger partial charge in [-0.2, -0.15) is 0 Å². The molecule has 12 nitrogen and oxygen atoms in total. The molecule has 0 bridgehead atoms. The van der Waals surface area contributed by atoms with Crippen LogP contribution < -0.4 is 16.0 Å². The Kier molecular flexibility index (Phi) is 13.5. The molecule has 1 atom stereocenters. The lowest BCUT2D eigenvalue weighted by Crippen LogP contribution is -2.47. The smallest absolute Gasteiger partial charge is 0.414 e. The third-order valence-electron chi connectivity index (χ3n) is 4.33. The maximum Gasteiger partial charge on any atom is 0.414 e. The quantitative estimate of drug-likeness (QED) is 0.104. The van der Waals surface area contributed by atoms with Gasteiger partial charge in [0.25, 0.3) is 0 Å². The summed E-state index contributed by atoms with van der Waals surface area (Å²) in [6, 6.07) is 8.18. The Morgan fingerprint density at radius 2 is 1.44 bits per heavy atom. The number of ether oxygens (including phenoxy) is 4. The number of hydrogen-bond acceptors (Lipinski definition) is 9. The number of rotatable bonds is 9. The van der Waals surface area contributed by atoms with Crippen LogP contribution in [-0.4, -0.2) is 61.1 Å². The molecule has 0 spiro atoms. The molecule has 0 aliphatic carbocycles. The molecule has 1 aromatic carbocycles. The van der Waals surface area contributed by atoms with E-state index in [2.05, 4.69) is 20.9 Å². The predicted octanol–water partition coefficient (Wildman–Crippen LogP) is 4.20. The number of carbonyl (C=O) groups excluding carboxylic acids is 4. The van der Waals surface area contributed by atoms with Crippen molar-refractivity contribution in [1.82, 2.24) is 16.0 Å². The van der Waals surface area contributed by atoms with Crippen LogP contribution in [0.25, 0.3) is 0 Å². The molecule has 0 aliphatic heterocycles. The second kappa shape index (κ2) is 16.0. The Labute approximate surface area is 229 Å². The first-order chi connectivity index (χ1) is 18.2. The van der Waals surface area contributed by atoms with Gasteiger partial charge < -0.3 is 24.3 Å². The van der Waals surface area contributed by atoms with E-state index in [1.165, 1.54) is 7.11 Å². The Morgan fingerprint density at radius 3 is 1.95 bits per heavy atom. The van der Waals surface area contributed by atoms with Gasteiger partial charge in [0.2, 0.25) is 5.96 Å². The minimum atomic E-state index is -0.948. The maximum absolute atomic E-state index is 12.1. The minimum absolute atomic E-state index is 0.0609. The van der Waals surface area contributed by atoms with E-state index in [1.54, 1.807) is 53.7 Å². The van der Waals surface area contributed by atoms with Crippen LogP contribution >= 0.6 is 0 Å². The number of benzene rings is 1. The zero-order valence-electron chi connectivity index (χ0n) is 23.7. The van der Waals surface area contributed by atoms with Crippen molar-refractivity contribution in [1.29, 1.82) is 0 Å². The van der Waals surface area contributed by atoms with Crippen LogP contribution in [0.15, 0.2) is 47.5 Å². The molecule has 3 N–H and O–H groups in total. The lowest BCUT2D eigenvalue weighted by molar-refractivity contribution is -0.142. The van der Waals surface area contributed by atoms with Gasteiger partial charge in [0, 0.05) is 6.54 Å². The van der Waals surface area contributed by atoms with E-state index in [0.717, 1.165) is 5.56 Å². The number of alkyl carbamates (subject to hydrolysis) is 3. The molecule has 0 unspecified atom stereocenters. The van der Waals surface area contributed by atoms with E-state index in [1.807, 2.05) is 30.3 Å². The van der Waals surface area contributed by atoms with Crippen molar-refractivity contribution in [3.05, 3.63) is 48.0 Å². The van der Waals surface area contributed by atoms with Crippen molar-refractivity contribution in [3.63, 3.8) is 0 Å². The van der Waals surface area contributed by atoms with Crippen LogP contribution in [0.5, 0.6) is 0 Å². The van der Waals surface area contributed by atoms with Gasteiger partial charge in [0.15, 0.2) is 0 Å². The van der Waals surface area contributed by atoms with Gasteiger partial charge in [-0.1, -0.05) is 42.5 Å². The van der Waals surface area contributed by atoms with Crippen molar-refractivity contribution in [3.8, 4) is 0 Å². The van der Waals surface area contributed by atoms with E-state index >= 15 is 0 Å². The first kappa shape index (κ1) is 32.9. The molecule has 0 radical (unpaired) electrons. The lowest BCUT2D eigenvalue weighted by atomic mass is 10.2. The highest BCUT2D eigenvalue weighted by atomic mass is 16.6. The van der Waals surface area contributed by atoms with Crippen LogP contribution in [-0.2, 0) is 30.3 Å². The molecule has 1 rings (SSSR count). The van der Waals surface area contributed by atoms with Gasteiger partial charge in [-0.15, -0.1) is 0 Å². The molecule has 0 heterocycles. The van der Waals surface area contributed by atoms with Crippen molar-refractivity contribution in [2.75, 3.05) is 13.7 Å². The predicted molar refractivity (Wildman–Crippen MR) is 145 cm³/mol. The fraction of sp³-hybridized carbons (Fsp3) is 0.519. The van der Waals surface area contributed by atoms with Crippen molar-refractivity contribution in [2.45, 2.75) is 78.2 Å². The Bertz CT molecular complexity index is 979. The zero-order chi connectivity index (χ0) is 29.5. The first-order valence-corrected chi connectivity index (χ1v) is 12.4. The molecule has 216 valence electrons. The molecule has 0 fully saturated rings. The SMILES string of the molecule is COC(=O)[C@H](C/C=C/CCN=C(NC(=O)OC(C)(C)C)NC(=O)OC(C)(C)C)NC(=O)OCc1ccccc1. The van der Waals surface area contributed by atoms with Crippen LogP contribution in [0.2, 0.25) is 0 Å². The molecule has 0 saturated heterocycles. The van der Waals surface area contributed by atoms with Crippen LogP contribution in [0.1, 0.15) is 59.9 Å². The van der Waals surface area contributed by atoms with E-state index in [-0.39, 0.29) is 25.5 Å². The summed E-state index contributed by atoms with van der Waals surface area (Å²) in [4.78, 5) is 52.7. The molecule has 1 aromatic rings. The summed E-state index contributed by atoms with van der Waals surface area (Å²) in [6.07, 6.45) is 1.61. The summed E-state index contributed by atoms with van der Waals surface area (Å²) in [6.45, 7) is 10.5. The number of guanidine groups is 1. The first-order valence-electron chi connectivity index (χ1n) is 12.4. The highest BCUT2D eigenvalue weighted by molar-refractivity contribution is 6.01. The maximum atomic E-state index is 12.1. The monoisotopic (exact) mass is 548 g/mol. The third kappa shape index (κ3) is 16.4. The largest absolute Gasteiger partial charge is 0.467 e. The molecular weight excluding hydrogens is 508 g/mol. The summed E-state index contributed by atoms with van der Waals surface area (Å²) < 4.78 is 20.3. The van der Waals surface area contributed by atoms with Crippen LogP contribution in [0.4, 0.5) is 14.4 Å². The minimum Gasteiger partial charge on any atom is -0.467 e. The third-order valence-corrected chi connectivity index (χ3v) is 4.33. The normalized spacial score (nSPS) is 12.1. The fourth-order valence-electron chi connectivity index (χ4n) is 2.78. The Balaban J connectivity index is 2.68. The van der Waals surface area contributed by atoms with E-state index in [9.17, 15) is 19.2 Å². The number of amides is 3. The van der Waals surface area contributed by atoms with Crippen molar-refractivity contribution >= 4 is 30.2 Å². The summed E-state index contributed by atoms with van der Waals surface area (Å²) >= 11 is 0. The lowest BCUT2D eigenvalue weighted by Gasteiger charge is -2.22. The topological polar surface area (TPSA) is 154 Å². The standard InChI is InChI=1S/C27H40N4O8/c1-26(2,3)38-24(34)30-22(31-25(35)39-27(4,5)6)28-17-13-9-12-16-20(21(32)36-7)29-23(33)37-18-19-14-10-8-11-15-19/h8-12,14-15,20H,13,16-18H2,1-7H3,(H,29,33)(H2,28,30,31,34,35)/b12-9+/t20-/m0/s1. The Hall–Kier alpha value is -4.09. The molecule has 0 aromatic heterocycles. The van der Waals surface area contributed by atoms with Crippen molar-refractivity contribution in [2.24, 2.45) is 4.99 Å². The molecule has 12 heteroatoms. The summed E-state index contributed by atoms with van der Waals surface area (Å²) in [5.41, 5.74) is -0.686. The average molecular weight is 549 g/mol. The molecular formula is C27H40N4O8. The highest BCUT2D eigenvalue weighted by Gasteiger charge is 2.22. The van der Waals surface area contributed by atoms with Gasteiger partial charge in [-0.3, -0.25) is 15.6 Å². The second-order valence-corrected chi connectivity index (χ2v) is 10.3. The number of methoxy groups -OCH3 is 1. The number of nitrogens with zero attached hydrogens (tertiary/aromatic N) is 1. The molecule has 0 saturated carbocycles. The number of nitrogens with one attached hydrogen (secondary N) is 3. The highest BCUT2D eigenvalue weighted by Crippen LogP contribution is 2.08. The summed E-state index contributed by atoms with van der Waals surface area (Å²) in [5.74, 6) is -0.762. The van der Waals surface area contributed by atoms with Gasteiger partial charge in [0.1, 0.15) is 23.9 Å².